The molecule has 2 heterocycles. The highest BCUT2D eigenvalue weighted by Gasteiger charge is 2.43. The lowest BCUT2D eigenvalue weighted by Crippen LogP contribution is -2.15. The summed E-state index contributed by atoms with van der Waals surface area (Å²) < 4.78 is 0. The number of hydrogen-bond donors (Lipinski definition) is 2. The standard InChI is InChI=1S/C15H16N6/c16-8-15(4-5-15)9-19-14-17-6-3-11(21-14)12-7-18-13(20-12)10-1-2-10/h3,6-7,10H,1-2,4-5,9H2,(H,18,20)(H,17,19,21). The van der Waals surface area contributed by atoms with Gasteiger partial charge in [0.1, 0.15) is 5.82 Å². The lowest BCUT2D eigenvalue weighted by Gasteiger charge is -2.08. The summed E-state index contributed by atoms with van der Waals surface area (Å²) in [5.41, 5.74) is 1.55. The van der Waals surface area contributed by atoms with E-state index in [1.54, 1.807) is 6.20 Å². The first-order chi connectivity index (χ1) is 10.3. The fourth-order valence-electron chi connectivity index (χ4n) is 2.35. The van der Waals surface area contributed by atoms with Crippen molar-refractivity contribution in [2.45, 2.75) is 31.6 Å². The molecule has 0 aliphatic heterocycles. The van der Waals surface area contributed by atoms with Crippen LogP contribution in [0.5, 0.6) is 0 Å². The van der Waals surface area contributed by atoms with Crippen LogP contribution in [-0.2, 0) is 0 Å². The Morgan fingerprint density at radius 3 is 2.95 bits per heavy atom. The second-order valence-corrected chi connectivity index (χ2v) is 5.97. The van der Waals surface area contributed by atoms with Gasteiger partial charge in [0.2, 0.25) is 5.95 Å². The van der Waals surface area contributed by atoms with E-state index in [4.69, 9.17) is 5.26 Å². The minimum absolute atomic E-state index is 0.202. The topological polar surface area (TPSA) is 90.3 Å². The number of hydrogen-bond acceptors (Lipinski definition) is 5. The first-order valence-corrected chi connectivity index (χ1v) is 7.31. The summed E-state index contributed by atoms with van der Waals surface area (Å²) in [6, 6.07) is 4.23. The molecule has 0 unspecified atom stereocenters. The van der Waals surface area contributed by atoms with Crippen molar-refractivity contribution in [3.63, 3.8) is 0 Å². The maximum Gasteiger partial charge on any atom is 0.223 e. The fourth-order valence-corrected chi connectivity index (χ4v) is 2.35. The van der Waals surface area contributed by atoms with Crippen molar-refractivity contribution in [3.05, 3.63) is 24.3 Å². The van der Waals surface area contributed by atoms with Gasteiger partial charge in [-0.15, -0.1) is 0 Å². The molecule has 0 spiro atoms. The van der Waals surface area contributed by atoms with E-state index < -0.39 is 0 Å². The van der Waals surface area contributed by atoms with Gasteiger partial charge >= 0.3 is 0 Å². The summed E-state index contributed by atoms with van der Waals surface area (Å²) >= 11 is 0. The average Bonchev–Trinajstić information content (AvgIpc) is 3.45. The van der Waals surface area contributed by atoms with Crippen LogP contribution >= 0.6 is 0 Å². The number of anilines is 1. The molecular formula is C15H16N6. The van der Waals surface area contributed by atoms with Gasteiger partial charge < -0.3 is 10.3 Å². The van der Waals surface area contributed by atoms with Crippen LogP contribution in [0.25, 0.3) is 11.4 Å². The Morgan fingerprint density at radius 2 is 2.24 bits per heavy atom. The van der Waals surface area contributed by atoms with Gasteiger partial charge in [0, 0.05) is 18.7 Å². The van der Waals surface area contributed by atoms with E-state index in [1.165, 1.54) is 12.8 Å². The second kappa shape index (κ2) is 4.55. The number of imidazole rings is 1. The highest BCUT2D eigenvalue weighted by molar-refractivity contribution is 5.54. The third kappa shape index (κ3) is 2.47. The predicted molar refractivity (Wildman–Crippen MR) is 77.4 cm³/mol. The van der Waals surface area contributed by atoms with Crippen molar-refractivity contribution in [2.75, 3.05) is 11.9 Å². The molecule has 0 saturated heterocycles. The van der Waals surface area contributed by atoms with Gasteiger partial charge in [-0.25, -0.2) is 15.0 Å². The van der Waals surface area contributed by atoms with Crippen LogP contribution in [0.1, 0.15) is 37.4 Å². The van der Waals surface area contributed by atoms with Gasteiger partial charge in [0.25, 0.3) is 0 Å². The molecule has 2 aliphatic rings. The maximum atomic E-state index is 9.08. The Morgan fingerprint density at radius 1 is 1.38 bits per heavy atom. The van der Waals surface area contributed by atoms with Gasteiger partial charge in [-0.05, 0) is 31.7 Å². The molecule has 21 heavy (non-hydrogen) atoms. The van der Waals surface area contributed by atoms with E-state index in [-0.39, 0.29) is 5.41 Å². The Bertz CT molecular complexity index is 705. The molecule has 0 aromatic carbocycles. The molecule has 4 rings (SSSR count). The molecule has 0 amide bonds. The zero-order chi connectivity index (χ0) is 14.3. The van der Waals surface area contributed by atoms with Crippen molar-refractivity contribution in [3.8, 4) is 17.5 Å². The Kier molecular flexibility index (Phi) is 2.67. The molecule has 2 aromatic heterocycles. The van der Waals surface area contributed by atoms with Gasteiger partial charge in [-0.2, -0.15) is 5.26 Å². The second-order valence-electron chi connectivity index (χ2n) is 5.97. The summed E-state index contributed by atoms with van der Waals surface area (Å²) in [4.78, 5) is 16.5. The first kappa shape index (κ1) is 12.3. The predicted octanol–water partition coefficient (Wildman–Crippen LogP) is 2.46. The lowest BCUT2D eigenvalue weighted by molar-refractivity contribution is 0.706. The van der Waals surface area contributed by atoms with Crippen LogP contribution < -0.4 is 5.32 Å². The molecule has 6 nitrogen and oxygen atoms in total. The number of aromatic amines is 1. The molecule has 2 saturated carbocycles. The van der Waals surface area contributed by atoms with Gasteiger partial charge in [-0.1, -0.05) is 0 Å². The zero-order valence-electron chi connectivity index (χ0n) is 11.6. The zero-order valence-corrected chi connectivity index (χ0v) is 11.6. The molecule has 0 radical (unpaired) electrons. The third-order valence-electron chi connectivity index (χ3n) is 4.17. The highest BCUT2D eigenvalue weighted by Crippen LogP contribution is 2.44. The summed E-state index contributed by atoms with van der Waals surface area (Å²) in [6.07, 6.45) is 7.92. The number of nitrogens with zero attached hydrogens (tertiary/aromatic N) is 4. The molecule has 2 aliphatic carbocycles. The van der Waals surface area contributed by atoms with Crippen LogP contribution in [0.4, 0.5) is 5.95 Å². The average molecular weight is 280 g/mol. The van der Waals surface area contributed by atoms with Crippen LogP contribution in [0, 0.1) is 16.7 Å². The van der Waals surface area contributed by atoms with Gasteiger partial charge in [-0.3, -0.25) is 0 Å². The minimum Gasteiger partial charge on any atom is -0.353 e. The summed E-state index contributed by atoms with van der Waals surface area (Å²) in [6.45, 7) is 0.614. The molecule has 106 valence electrons. The monoisotopic (exact) mass is 280 g/mol. The van der Waals surface area contributed by atoms with E-state index >= 15 is 0 Å². The van der Waals surface area contributed by atoms with Crippen LogP contribution in [0.2, 0.25) is 0 Å². The largest absolute Gasteiger partial charge is 0.353 e. The van der Waals surface area contributed by atoms with E-state index in [1.807, 2.05) is 12.3 Å². The first-order valence-electron chi connectivity index (χ1n) is 7.31. The minimum atomic E-state index is -0.202. The normalized spacial score (nSPS) is 19.0. The van der Waals surface area contributed by atoms with E-state index in [0.29, 0.717) is 18.4 Å². The highest BCUT2D eigenvalue weighted by atomic mass is 15.1. The number of nitrogens with one attached hydrogen (secondary N) is 2. The van der Waals surface area contributed by atoms with Gasteiger partial charge in [0.05, 0.1) is 29.1 Å². The van der Waals surface area contributed by atoms with E-state index in [9.17, 15) is 0 Å². The van der Waals surface area contributed by atoms with E-state index in [0.717, 1.165) is 30.1 Å². The number of aromatic nitrogens is 4. The quantitative estimate of drug-likeness (QED) is 0.878. The number of rotatable bonds is 5. The Hall–Kier alpha value is -2.42. The number of H-pyrrole nitrogens is 1. The molecule has 2 aromatic rings. The molecule has 0 bridgehead atoms. The van der Waals surface area contributed by atoms with E-state index in [2.05, 4.69) is 31.3 Å². The van der Waals surface area contributed by atoms with Crippen LogP contribution in [0.3, 0.4) is 0 Å². The molecule has 2 N–H and O–H groups in total. The lowest BCUT2D eigenvalue weighted by atomic mass is 10.1. The smallest absolute Gasteiger partial charge is 0.223 e. The maximum absolute atomic E-state index is 9.08. The molecule has 0 atom stereocenters. The Balaban J connectivity index is 1.50. The summed E-state index contributed by atoms with van der Waals surface area (Å²) in [5, 5.41) is 12.3. The molecule has 2 fully saturated rings. The molecular weight excluding hydrogens is 264 g/mol. The van der Waals surface area contributed by atoms with Crippen molar-refractivity contribution < 1.29 is 0 Å². The van der Waals surface area contributed by atoms with Crippen molar-refractivity contribution in [1.82, 2.24) is 19.9 Å². The number of nitriles is 1. The van der Waals surface area contributed by atoms with Crippen molar-refractivity contribution in [2.24, 2.45) is 5.41 Å². The molecule has 6 heteroatoms. The fraction of sp³-hybridized carbons (Fsp3) is 0.467. The summed E-state index contributed by atoms with van der Waals surface area (Å²) in [7, 11) is 0. The SMILES string of the molecule is N#CC1(CNc2nccc(-c3cnc(C4CC4)[nH]3)n2)CC1. The van der Waals surface area contributed by atoms with Gasteiger partial charge in [0.15, 0.2) is 0 Å². The van der Waals surface area contributed by atoms with Crippen LogP contribution in [-0.4, -0.2) is 26.5 Å². The van der Waals surface area contributed by atoms with Crippen molar-refractivity contribution in [1.29, 1.82) is 5.26 Å². The van der Waals surface area contributed by atoms with Crippen molar-refractivity contribution >= 4 is 5.95 Å². The summed E-state index contributed by atoms with van der Waals surface area (Å²) in [5.74, 6) is 2.22. The van der Waals surface area contributed by atoms with Crippen LogP contribution in [0.15, 0.2) is 18.5 Å². The Labute approximate surface area is 122 Å². The third-order valence-corrected chi connectivity index (χ3v) is 4.17.